The summed E-state index contributed by atoms with van der Waals surface area (Å²) < 4.78 is 2.28. The molecule has 2 heteroatoms. The summed E-state index contributed by atoms with van der Waals surface area (Å²) in [6.07, 6.45) is 0. The van der Waals surface area contributed by atoms with Crippen molar-refractivity contribution < 1.29 is 0 Å². The topological polar surface area (TPSA) is 4.93 Å². The van der Waals surface area contributed by atoms with Crippen molar-refractivity contribution in [2.24, 2.45) is 0 Å². The Morgan fingerprint density at radius 2 is 1.35 bits per heavy atom. The summed E-state index contributed by atoms with van der Waals surface area (Å²) in [6, 6.07) is 25.2. The van der Waals surface area contributed by atoms with Crippen LogP contribution in [-0.4, -0.2) is 4.57 Å². The smallest absolute Gasteiger partial charge is 0.0674 e. The van der Waals surface area contributed by atoms with E-state index in [4.69, 9.17) is 0 Å². The molecule has 0 saturated carbocycles. The molecular formula is C18H13NS. The van der Waals surface area contributed by atoms with Gasteiger partial charge in [-0.3, -0.25) is 0 Å². The number of hydrogen-bond acceptors (Lipinski definition) is 1. The van der Waals surface area contributed by atoms with Crippen LogP contribution in [-0.2, 0) is 0 Å². The maximum atomic E-state index is 4.66. The van der Waals surface area contributed by atoms with Gasteiger partial charge in [0.2, 0.25) is 0 Å². The molecule has 20 heavy (non-hydrogen) atoms. The average molecular weight is 275 g/mol. The van der Waals surface area contributed by atoms with Crippen molar-refractivity contribution in [2.75, 3.05) is 0 Å². The molecule has 1 nitrogen and oxygen atoms in total. The summed E-state index contributed by atoms with van der Waals surface area (Å²) in [5.41, 5.74) is 3.55. The number of para-hydroxylation sites is 3. The third-order valence-corrected chi connectivity index (χ3v) is 4.05. The fourth-order valence-corrected chi connectivity index (χ4v) is 3.15. The highest BCUT2D eigenvalue weighted by Gasteiger charge is 2.12. The van der Waals surface area contributed by atoms with E-state index >= 15 is 0 Å². The zero-order chi connectivity index (χ0) is 13.5. The van der Waals surface area contributed by atoms with Crippen molar-refractivity contribution in [3.8, 4) is 5.69 Å². The van der Waals surface area contributed by atoms with E-state index in [2.05, 4.69) is 77.9 Å². The third kappa shape index (κ3) is 1.58. The zero-order valence-electron chi connectivity index (χ0n) is 10.8. The molecule has 0 atom stereocenters. The molecule has 0 aliphatic carbocycles. The second-order valence-corrected chi connectivity index (χ2v) is 5.34. The second-order valence-electron chi connectivity index (χ2n) is 4.86. The lowest BCUT2D eigenvalue weighted by molar-refractivity contribution is 1.16. The largest absolute Gasteiger partial charge is 0.308 e. The van der Waals surface area contributed by atoms with E-state index in [1.807, 2.05) is 12.1 Å². The molecule has 4 aromatic rings. The van der Waals surface area contributed by atoms with E-state index in [0.29, 0.717) is 0 Å². The first kappa shape index (κ1) is 11.6. The molecule has 1 aromatic heterocycles. The number of nitrogens with zero attached hydrogens (tertiary/aromatic N) is 1. The molecule has 4 rings (SSSR count). The van der Waals surface area contributed by atoms with Gasteiger partial charge in [-0.05, 0) is 24.3 Å². The molecule has 0 saturated heterocycles. The molecule has 0 radical (unpaired) electrons. The SMILES string of the molecule is Sc1cccc2c3ccccc3n(-c3ccccc3)c12. The number of hydrogen-bond donors (Lipinski definition) is 1. The Morgan fingerprint density at radius 3 is 2.20 bits per heavy atom. The van der Waals surface area contributed by atoms with E-state index in [9.17, 15) is 0 Å². The van der Waals surface area contributed by atoms with Crippen molar-refractivity contribution in [2.45, 2.75) is 4.90 Å². The molecule has 0 aliphatic heterocycles. The zero-order valence-corrected chi connectivity index (χ0v) is 11.7. The van der Waals surface area contributed by atoms with Crippen LogP contribution in [0, 0.1) is 0 Å². The minimum atomic E-state index is 1.00. The molecular weight excluding hydrogens is 262 g/mol. The van der Waals surface area contributed by atoms with Gasteiger partial charge in [0.05, 0.1) is 11.0 Å². The van der Waals surface area contributed by atoms with Gasteiger partial charge in [-0.25, -0.2) is 0 Å². The van der Waals surface area contributed by atoms with Gasteiger partial charge in [0, 0.05) is 21.4 Å². The fourth-order valence-electron chi connectivity index (χ4n) is 2.85. The first-order valence-corrected chi connectivity index (χ1v) is 7.07. The predicted molar refractivity (Wildman–Crippen MR) is 88.0 cm³/mol. The summed E-state index contributed by atoms with van der Waals surface area (Å²) in [6.45, 7) is 0. The van der Waals surface area contributed by atoms with E-state index < -0.39 is 0 Å². The first-order valence-electron chi connectivity index (χ1n) is 6.63. The van der Waals surface area contributed by atoms with Crippen molar-refractivity contribution in [3.05, 3.63) is 72.8 Å². The monoisotopic (exact) mass is 275 g/mol. The minimum absolute atomic E-state index is 1.00. The molecule has 0 unspecified atom stereocenters. The van der Waals surface area contributed by atoms with Crippen molar-refractivity contribution >= 4 is 34.4 Å². The van der Waals surface area contributed by atoms with E-state index in [1.54, 1.807) is 0 Å². The molecule has 0 spiro atoms. The molecule has 0 fully saturated rings. The number of benzene rings is 3. The number of fused-ring (bicyclic) bond motifs is 3. The summed E-state index contributed by atoms with van der Waals surface area (Å²) >= 11 is 4.66. The lowest BCUT2D eigenvalue weighted by atomic mass is 10.1. The van der Waals surface area contributed by atoms with Crippen LogP contribution in [0.2, 0.25) is 0 Å². The molecule has 0 aliphatic rings. The van der Waals surface area contributed by atoms with Crippen LogP contribution in [0.1, 0.15) is 0 Å². The van der Waals surface area contributed by atoms with Crippen LogP contribution in [0.4, 0.5) is 0 Å². The van der Waals surface area contributed by atoms with Gasteiger partial charge in [-0.1, -0.05) is 48.5 Å². The lowest BCUT2D eigenvalue weighted by Gasteiger charge is -2.08. The lowest BCUT2D eigenvalue weighted by Crippen LogP contribution is -1.93. The maximum absolute atomic E-state index is 4.66. The fraction of sp³-hybridized carbons (Fsp3) is 0. The summed E-state index contributed by atoms with van der Waals surface area (Å²) in [4.78, 5) is 1.00. The van der Waals surface area contributed by atoms with Gasteiger partial charge < -0.3 is 4.57 Å². The minimum Gasteiger partial charge on any atom is -0.308 e. The van der Waals surface area contributed by atoms with Crippen LogP contribution in [0.3, 0.4) is 0 Å². The van der Waals surface area contributed by atoms with Crippen LogP contribution in [0.15, 0.2) is 77.7 Å². The highest BCUT2D eigenvalue weighted by molar-refractivity contribution is 7.80. The molecule has 96 valence electrons. The Labute approximate surface area is 122 Å². The predicted octanol–water partition coefficient (Wildman–Crippen LogP) is 5.07. The molecule has 1 heterocycles. The number of aromatic nitrogens is 1. The summed E-state index contributed by atoms with van der Waals surface area (Å²) in [5.74, 6) is 0. The molecule has 0 bridgehead atoms. The standard InChI is InChI=1S/C18H13NS/c20-17-12-6-10-15-14-9-4-5-11-16(14)19(18(15)17)13-7-2-1-3-8-13/h1-12,20H. The van der Waals surface area contributed by atoms with Crippen molar-refractivity contribution in [3.63, 3.8) is 0 Å². The highest BCUT2D eigenvalue weighted by Crippen LogP contribution is 2.34. The Balaban J connectivity index is 2.27. The van der Waals surface area contributed by atoms with E-state index in [1.165, 1.54) is 27.5 Å². The maximum Gasteiger partial charge on any atom is 0.0674 e. The van der Waals surface area contributed by atoms with E-state index in [-0.39, 0.29) is 0 Å². The normalized spacial score (nSPS) is 11.2. The van der Waals surface area contributed by atoms with Crippen molar-refractivity contribution in [1.82, 2.24) is 4.57 Å². The molecule has 0 amide bonds. The van der Waals surface area contributed by atoms with Crippen LogP contribution < -0.4 is 0 Å². The van der Waals surface area contributed by atoms with Crippen molar-refractivity contribution in [1.29, 1.82) is 0 Å². The van der Waals surface area contributed by atoms with Crippen LogP contribution in [0.5, 0.6) is 0 Å². The Hall–Kier alpha value is -2.19. The van der Waals surface area contributed by atoms with Gasteiger partial charge in [0.25, 0.3) is 0 Å². The van der Waals surface area contributed by atoms with E-state index in [0.717, 1.165) is 4.90 Å². The summed E-state index contributed by atoms with van der Waals surface area (Å²) in [5, 5.41) is 2.51. The Morgan fingerprint density at radius 1 is 0.650 bits per heavy atom. The van der Waals surface area contributed by atoms with Gasteiger partial charge in [0.1, 0.15) is 0 Å². The second kappa shape index (κ2) is 4.43. The van der Waals surface area contributed by atoms with Crippen LogP contribution in [0.25, 0.3) is 27.5 Å². The molecule has 3 aromatic carbocycles. The van der Waals surface area contributed by atoms with Gasteiger partial charge in [-0.15, -0.1) is 12.6 Å². The number of thiol groups is 1. The highest BCUT2D eigenvalue weighted by atomic mass is 32.1. The van der Waals surface area contributed by atoms with Gasteiger partial charge in [-0.2, -0.15) is 0 Å². The third-order valence-electron chi connectivity index (χ3n) is 3.69. The Bertz CT molecular complexity index is 907. The van der Waals surface area contributed by atoms with Gasteiger partial charge >= 0.3 is 0 Å². The quantitative estimate of drug-likeness (QED) is 0.463. The summed E-state index contributed by atoms with van der Waals surface area (Å²) in [7, 11) is 0. The average Bonchev–Trinajstić information content (AvgIpc) is 2.84. The van der Waals surface area contributed by atoms with Gasteiger partial charge in [0.15, 0.2) is 0 Å². The molecule has 0 N–H and O–H groups in total. The Kier molecular flexibility index (Phi) is 2.57. The first-order chi connectivity index (χ1) is 9.86. The number of rotatable bonds is 1. The van der Waals surface area contributed by atoms with Crippen LogP contribution >= 0.6 is 12.6 Å².